The van der Waals surface area contributed by atoms with Crippen LogP contribution >= 0.6 is 34.2 Å². The van der Waals surface area contributed by atoms with Gasteiger partial charge in [-0.1, -0.05) is 17.7 Å². The van der Waals surface area contributed by atoms with Gasteiger partial charge in [-0.3, -0.25) is 4.99 Å². The van der Waals surface area contributed by atoms with Crippen LogP contribution in [0.2, 0.25) is 5.02 Å². The molecule has 0 bridgehead atoms. The Morgan fingerprint density at radius 2 is 1.87 bits per heavy atom. The Hall–Kier alpha value is -1.59. The molecular formula is C19H16ClIN2. The molecule has 0 atom stereocenters. The van der Waals surface area contributed by atoms with E-state index in [9.17, 15) is 0 Å². The van der Waals surface area contributed by atoms with Crippen LogP contribution in [0.5, 0.6) is 0 Å². The van der Waals surface area contributed by atoms with Crippen molar-refractivity contribution in [2.24, 2.45) is 4.99 Å². The first-order valence-electron chi connectivity index (χ1n) is 7.29. The minimum Gasteiger partial charge on any atom is -0.316 e. The average molecular weight is 435 g/mol. The summed E-state index contributed by atoms with van der Waals surface area (Å²) in [6.45, 7) is 4.08. The van der Waals surface area contributed by atoms with Gasteiger partial charge in [0.05, 0.1) is 17.6 Å². The highest BCUT2D eigenvalue weighted by atomic mass is 127. The number of halogens is 2. The third-order valence-corrected chi connectivity index (χ3v) is 4.79. The molecule has 4 heteroatoms. The molecule has 3 rings (SSSR count). The molecule has 0 amide bonds. The molecule has 0 aliphatic heterocycles. The van der Waals surface area contributed by atoms with Gasteiger partial charge in [0.15, 0.2) is 0 Å². The number of hydrogen-bond donors (Lipinski definition) is 0. The van der Waals surface area contributed by atoms with E-state index in [0.717, 1.165) is 27.7 Å². The molecule has 1 heterocycles. The molecule has 2 aromatic carbocycles. The maximum atomic E-state index is 6.24. The highest BCUT2D eigenvalue weighted by Crippen LogP contribution is 2.23. The lowest BCUT2D eigenvalue weighted by molar-refractivity contribution is 1.06. The normalized spacial score (nSPS) is 11.3. The van der Waals surface area contributed by atoms with Gasteiger partial charge < -0.3 is 4.57 Å². The molecule has 0 spiro atoms. The zero-order chi connectivity index (χ0) is 16.4. The molecule has 3 aromatic rings. The van der Waals surface area contributed by atoms with Crippen molar-refractivity contribution in [3.8, 4) is 5.69 Å². The first-order chi connectivity index (χ1) is 11.0. The van der Waals surface area contributed by atoms with E-state index in [2.05, 4.69) is 57.3 Å². The molecule has 0 unspecified atom stereocenters. The van der Waals surface area contributed by atoms with Crippen LogP contribution in [0.15, 0.2) is 59.7 Å². The Kier molecular flexibility index (Phi) is 4.87. The topological polar surface area (TPSA) is 17.3 Å². The van der Waals surface area contributed by atoms with Crippen LogP contribution in [-0.4, -0.2) is 10.8 Å². The maximum Gasteiger partial charge on any atom is 0.0660 e. The molecule has 0 N–H and O–H groups in total. The fourth-order valence-corrected chi connectivity index (χ4v) is 3.19. The number of aromatic nitrogens is 1. The third kappa shape index (κ3) is 3.67. The Morgan fingerprint density at radius 1 is 1.04 bits per heavy atom. The Bertz CT molecular complexity index is 881. The van der Waals surface area contributed by atoms with E-state index in [4.69, 9.17) is 11.6 Å². The molecule has 2 nitrogen and oxygen atoms in total. The zero-order valence-corrected chi connectivity index (χ0v) is 15.8. The largest absolute Gasteiger partial charge is 0.316 e. The van der Waals surface area contributed by atoms with E-state index in [0.29, 0.717) is 0 Å². The van der Waals surface area contributed by atoms with Gasteiger partial charge in [0.2, 0.25) is 0 Å². The van der Waals surface area contributed by atoms with E-state index in [-0.39, 0.29) is 0 Å². The smallest absolute Gasteiger partial charge is 0.0660 e. The average Bonchev–Trinajstić information content (AvgIpc) is 2.98. The summed E-state index contributed by atoms with van der Waals surface area (Å²) in [4.78, 5) is 4.63. The van der Waals surface area contributed by atoms with Crippen molar-refractivity contribution in [1.29, 1.82) is 0 Å². The minimum absolute atomic E-state index is 0.771. The zero-order valence-electron chi connectivity index (χ0n) is 12.9. The van der Waals surface area contributed by atoms with E-state index in [1.54, 1.807) is 0 Å². The lowest BCUT2D eigenvalue weighted by Crippen LogP contribution is -1.98. The van der Waals surface area contributed by atoms with E-state index >= 15 is 0 Å². The van der Waals surface area contributed by atoms with Crippen molar-refractivity contribution in [3.63, 3.8) is 0 Å². The molecule has 116 valence electrons. The molecule has 0 saturated heterocycles. The highest BCUT2D eigenvalue weighted by molar-refractivity contribution is 14.1. The van der Waals surface area contributed by atoms with E-state index in [1.165, 1.54) is 9.13 Å². The number of hydrogen-bond acceptors (Lipinski definition) is 1. The Balaban J connectivity index is 1.94. The van der Waals surface area contributed by atoms with Gasteiger partial charge in [0.1, 0.15) is 0 Å². The number of rotatable bonds is 3. The Morgan fingerprint density at radius 3 is 2.61 bits per heavy atom. The van der Waals surface area contributed by atoms with Gasteiger partial charge in [-0.25, -0.2) is 0 Å². The van der Waals surface area contributed by atoms with Crippen LogP contribution in [0.25, 0.3) is 5.69 Å². The predicted octanol–water partition coefficient (Wildman–Crippen LogP) is 6.10. The lowest BCUT2D eigenvalue weighted by Gasteiger charge is -2.08. The summed E-state index contributed by atoms with van der Waals surface area (Å²) in [5.41, 5.74) is 5.28. The van der Waals surface area contributed by atoms with Crippen molar-refractivity contribution in [3.05, 3.63) is 80.1 Å². The molecule has 0 radical (unpaired) electrons. The molecule has 1 aromatic heterocycles. The van der Waals surface area contributed by atoms with E-state index in [1.807, 2.05) is 49.7 Å². The fraction of sp³-hybridized carbons (Fsp3) is 0.105. The maximum absolute atomic E-state index is 6.24. The molecule has 0 aliphatic rings. The second-order valence-corrected chi connectivity index (χ2v) is 7.08. The van der Waals surface area contributed by atoms with Crippen molar-refractivity contribution in [2.45, 2.75) is 13.8 Å². The summed E-state index contributed by atoms with van der Waals surface area (Å²) in [5, 5.41) is 0.771. The second-order valence-electron chi connectivity index (χ2n) is 5.43. The van der Waals surface area contributed by atoms with Gasteiger partial charge >= 0.3 is 0 Å². The SMILES string of the molecule is Cc1ccc(-n2cccc2C=Nc2ccc(I)cc2C)cc1Cl. The molecule has 23 heavy (non-hydrogen) atoms. The van der Waals surface area contributed by atoms with Gasteiger partial charge in [-0.05, 0) is 90.0 Å². The monoisotopic (exact) mass is 434 g/mol. The number of aryl methyl sites for hydroxylation is 2. The van der Waals surface area contributed by atoms with Crippen molar-refractivity contribution >= 4 is 46.1 Å². The summed E-state index contributed by atoms with van der Waals surface area (Å²) in [7, 11) is 0. The number of nitrogens with zero attached hydrogens (tertiary/aromatic N) is 2. The van der Waals surface area contributed by atoms with Gasteiger partial charge in [-0.2, -0.15) is 0 Å². The number of aliphatic imine (C=N–C) groups is 1. The van der Waals surface area contributed by atoms with Crippen LogP contribution in [-0.2, 0) is 0 Å². The summed E-state index contributed by atoms with van der Waals surface area (Å²) in [5.74, 6) is 0. The summed E-state index contributed by atoms with van der Waals surface area (Å²) in [6, 6.07) is 16.4. The van der Waals surface area contributed by atoms with Crippen LogP contribution in [0.3, 0.4) is 0 Å². The van der Waals surface area contributed by atoms with Crippen molar-refractivity contribution in [2.75, 3.05) is 0 Å². The Labute approximate surface area is 155 Å². The molecule has 0 fully saturated rings. The summed E-state index contributed by atoms with van der Waals surface area (Å²) < 4.78 is 3.30. The first-order valence-corrected chi connectivity index (χ1v) is 8.74. The van der Waals surface area contributed by atoms with Crippen LogP contribution in [0.4, 0.5) is 5.69 Å². The van der Waals surface area contributed by atoms with Crippen LogP contribution in [0.1, 0.15) is 16.8 Å². The third-order valence-electron chi connectivity index (χ3n) is 3.71. The second kappa shape index (κ2) is 6.89. The first kappa shape index (κ1) is 16.3. The molecule has 0 aliphatic carbocycles. The van der Waals surface area contributed by atoms with Gasteiger partial charge in [0.25, 0.3) is 0 Å². The van der Waals surface area contributed by atoms with E-state index < -0.39 is 0 Å². The minimum atomic E-state index is 0.771. The van der Waals surface area contributed by atoms with Crippen molar-refractivity contribution in [1.82, 2.24) is 4.57 Å². The standard InChI is InChI=1S/C19H16ClIN2/c1-13-5-7-16(11-18(13)20)23-9-3-4-17(23)12-22-19-8-6-15(21)10-14(19)2/h3-12H,1-2H3. The van der Waals surface area contributed by atoms with Crippen LogP contribution in [0, 0.1) is 17.4 Å². The highest BCUT2D eigenvalue weighted by Gasteiger charge is 2.04. The van der Waals surface area contributed by atoms with Crippen molar-refractivity contribution < 1.29 is 0 Å². The summed E-state index contributed by atoms with van der Waals surface area (Å²) in [6.07, 6.45) is 3.91. The number of benzene rings is 2. The fourth-order valence-electron chi connectivity index (χ4n) is 2.37. The molecular weight excluding hydrogens is 419 g/mol. The quantitative estimate of drug-likeness (QED) is 0.350. The predicted molar refractivity (Wildman–Crippen MR) is 107 cm³/mol. The molecule has 0 saturated carbocycles. The van der Waals surface area contributed by atoms with Gasteiger partial charge in [0, 0.05) is 20.5 Å². The van der Waals surface area contributed by atoms with Gasteiger partial charge in [-0.15, -0.1) is 0 Å². The summed E-state index contributed by atoms with van der Waals surface area (Å²) >= 11 is 8.56. The lowest BCUT2D eigenvalue weighted by atomic mass is 10.2. The van der Waals surface area contributed by atoms with Crippen LogP contribution < -0.4 is 0 Å².